The number of hydrogen-bond acceptors (Lipinski definition) is 5. The van der Waals surface area contributed by atoms with Gasteiger partial charge < -0.3 is 9.64 Å². The van der Waals surface area contributed by atoms with Gasteiger partial charge in [-0.1, -0.05) is 6.92 Å². The Hall–Kier alpha value is -1.92. The van der Waals surface area contributed by atoms with Crippen LogP contribution < -0.4 is 0 Å². The van der Waals surface area contributed by atoms with Gasteiger partial charge in [0.25, 0.3) is 5.91 Å². The standard InChI is InChI=1S/C14H22N4O3/c1-3-6-11-15-13(17-16-11)14(20)18-8-5-4-7-10(18)9-12(19)21-2/h10H,3-9H2,1-2H3,(H,15,16,17). The minimum atomic E-state index is -0.290. The number of H-pyrrole nitrogens is 1. The van der Waals surface area contributed by atoms with Crippen LogP contribution in [0.2, 0.25) is 0 Å². The van der Waals surface area contributed by atoms with E-state index in [2.05, 4.69) is 15.2 Å². The van der Waals surface area contributed by atoms with E-state index in [1.165, 1.54) is 7.11 Å². The Kier molecular flexibility index (Phi) is 5.30. The average Bonchev–Trinajstić information content (AvgIpc) is 2.96. The molecular weight excluding hydrogens is 272 g/mol. The van der Waals surface area contributed by atoms with Gasteiger partial charge in [-0.15, -0.1) is 5.10 Å². The average molecular weight is 294 g/mol. The lowest BCUT2D eigenvalue weighted by molar-refractivity contribution is -0.142. The van der Waals surface area contributed by atoms with Gasteiger partial charge in [0.05, 0.1) is 13.5 Å². The molecule has 21 heavy (non-hydrogen) atoms. The zero-order chi connectivity index (χ0) is 15.2. The number of aromatic amines is 1. The van der Waals surface area contributed by atoms with Crippen molar-refractivity contribution < 1.29 is 14.3 Å². The molecule has 1 fully saturated rings. The number of ether oxygens (including phenoxy) is 1. The monoisotopic (exact) mass is 294 g/mol. The number of aromatic nitrogens is 3. The van der Waals surface area contributed by atoms with Gasteiger partial charge >= 0.3 is 5.97 Å². The molecule has 1 aliphatic rings. The second-order valence-corrected chi connectivity index (χ2v) is 5.28. The first-order chi connectivity index (χ1) is 10.2. The van der Waals surface area contributed by atoms with E-state index < -0.39 is 0 Å². The molecule has 0 spiro atoms. The van der Waals surface area contributed by atoms with Crippen molar-refractivity contribution in [3.63, 3.8) is 0 Å². The van der Waals surface area contributed by atoms with Gasteiger partial charge in [-0.3, -0.25) is 14.7 Å². The van der Waals surface area contributed by atoms with Gasteiger partial charge in [-0.25, -0.2) is 4.98 Å². The van der Waals surface area contributed by atoms with Crippen LogP contribution in [0.15, 0.2) is 0 Å². The number of aryl methyl sites for hydroxylation is 1. The van der Waals surface area contributed by atoms with Crippen molar-refractivity contribution in [2.24, 2.45) is 0 Å². The molecule has 0 aliphatic carbocycles. The molecule has 0 aromatic carbocycles. The summed E-state index contributed by atoms with van der Waals surface area (Å²) in [6, 6.07) is -0.119. The van der Waals surface area contributed by atoms with Crippen LogP contribution in [-0.2, 0) is 16.0 Å². The Labute approximate surface area is 124 Å². The summed E-state index contributed by atoms with van der Waals surface area (Å²) in [4.78, 5) is 29.9. The molecule has 1 saturated heterocycles. The van der Waals surface area contributed by atoms with Crippen LogP contribution in [0, 0.1) is 0 Å². The minimum Gasteiger partial charge on any atom is -0.469 e. The quantitative estimate of drug-likeness (QED) is 0.827. The van der Waals surface area contributed by atoms with Crippen molar-refractivity contribution in [2.75, 3.05) is 13.7 Å². The number of rotatable bonds is 5. The van der Waals surface area contributed by atoms with E-state index in [0.717, 1.165) is 37.9 Å². The van der Waals surface area contributed by atoms with Gasteiger partial charge in [0.15, 0.2) is 0 Å². The molecule has 7 nitrogen and oxygen atoms in total. The van der Waals surface area contributed by atoms with Crippen LogP contribution in [0.3, 0.4) is 0 Å². The highest BCUT2D eigenvalue weighted by molar-refractivity contribution is 5.91. The normalized spacial score (nSPS) is 18.6. The van der Waals surface area contributed by atoms with Crippen LogP contribution in [0.5, 0.6) is 0 Å². The summed E-state index contributed by atoms with van der Waals surface area (Å²) < 4.78 is 4.71. The molecule has 1 N–H and O–H groups in total. The first-order valence-corrected chi connectivity index (χ1v) is 7.44. The lowest BCUT2D eigenvalue weighted by atomic mass is 9.99. The van der Waals surface area contributed by atoms with Crippen LogP contribution in [0.25, 0.3) is 0 Å². The molecule has 2 rings (SSSR count). The number of amides is 1. The highest BCUT2D eigenvalue weighted by atomic mass is 16.5. The van der Waals surface area contributed by atoms with E-state index in [9.17, 15) is 9.59 Å². The predicted molar refractivity (Wildman–Crippen MR) is 75.7 cm³/mol. The molecule has 116 valence electrons. The van der Waals surface area contributed by atoms with Crippen LogP contribution in [0.4, 0.5) is 0 Å². The number of carbonyl (C=O) groups excluding carboxylic acids is 2. The summed E-state index contributed by atoms with van der Waals surface area (Å²) in [5.41, 5.74) is 0. The Morgan fingerprint density at radius 1 is 1.43 bits per heavy atom. The summed E-state index contributed by atoms with van der Waals surface area (Å²) >= 11 is 0. The first kappa shape index (κ1) is 15.5. The fraction of sp³-hybridized carbons (Fsp3) is 0.714. The zero-order valence-corrected chi connectivity index (χ0v) is 12.6. The van der Waals surface area contributed by atoms with Crippen molar-refractivity contribution in [1.29, 1.82) is 0 Å². The maximum atomic E-state index is 12.5. The second-order valence-electron chi connectivity index (χ2n) is 5.28. The summed E-state index contributed by atoms with van der Waals surface area (Å²) in [5, 5.41) is 6.79. The number of methoxy groups -OCH3 is 1. The lowest BCUT2D eigenvalue weighted by Gasteiger charge is -2.34. The van der Waals surface area contributed by atoms with Crippen LogP contribution >= 0.6 is 0 Å². The van der Waals surface area contributed by atoms with Crippen molar-refractivity contribution >= 4 is 11.9 Å². The number of piperidine rings is 1. The zero-order valence-electron chi connectivity index (χ0n) is 12.6. The van der Waals surface area contributed by atoms with Gasteiger partial charge in [0.1, 0.15) is 5.82 Å². The van der Waals surface area contributed by atoms with E-state index in [-0.39, 0.29) is 30.2 Å². The Balaban J connectivity index is 2.08. The third-order valence-electron chi connectivity index (χ3n) is 3.73. The van der Waals surface area contributed by atoms with Crippen molar-refractivity contribution in [2.45, 2.75) is 51.5 Å². The van der Waals surface area contributed by atoms with E-state index in [4.69, 9.17) is 4.74 Å². The van der Waals surface area contributed by atoms with E-state index >= 15 is 0 Å². The Morgan fingerprint density at radius 3 is 2.95 bits per heavy atom. The largest absolute Gasteiger partial charge is 0.469 e. The smallest absolute Gasteiger partial charge is 0.307 e. The molecule has 1 amide bonds. The summed E-state index contributed by atoms with van der Waals surface area (Å²) in [7, 11) is 1.36. The number of nitrogens with zero attached hydrogens (tertiary/aromatic N) is 3. The summed E-state index contributed by atoms with van der Waals surface area (Å²) in [6.45, 7) is 2.68. The molecule has 1 aliphatic heterocycles. The van der Waals surface area contributed by atoms with E-state index in [1.807, 2.05) is 6.92 Å². The summed E-state index contributed by atoms with van der Waals surface area (Å²) in [5.74, 6) is 0.418. The number of carbonyl (C=O) groups is 2. The molecule has 1 atom stereocenters. The number of hydrogen-bond donors (Lipinski definition) is 1. The second kappa shape index (κ2) is 7.19. The van der Waals surface area contributed by atoms with Crippen molar-refractivity contribution in [3.05, 3.63) is 11.6 Å². The van der Waals surface area contributed by atoms with Crippen molar-refractivity contribution in [3.8, 4) is 0 Å². The predicted octanol–water partition coefficient (Wildman–Crippen LogP) is 1.31. The first-order valence-electron chi connectivity index (χ1n) is 7.44. The van der Waals surface area contributed by atoms with E-state index in [0.29, 0.717) is 6.54 Å². The lowest BCUT2D eigenvalue weighted by Crippen LogP contribution is -2.45. The van der Waals surface area contributed by atoms with Crippen LogP contribution in [-0.4, -0.2) is 51.7 Å². The van der Waals surface area contributed by atoms with Gasteiger partial charge in [0, 0.05) is 19.0 Å². The maximum Gasteiger partial charge on any atom is 0.307 e. The van der Waals surface area contributed by atoms with Gasteiger partial charge in [-0.2, -0.15) is 0 Å². The topological polar surface area (TPSA) is 88.2 Å². The third kappa shape index (κ3) is 3.80. The number of esters is 1. The van der Waals surface area contributed by atoms with Crippen molar-refractivity contribution in [1.82, 2.24) is 20.1 Å². The fourth-order valence-electron chi connectivity index (χ4n) is 2.62. The molecule has 1 unspecified atom stereocenters. The number of likely N-dealkylation sites (tertiary alicyclic amines) is 1. The Bertz CT molecular complexity index is 500. The highest BCUT2D eigenvalue weighted by Gasteiger charge is 2.31. The molecule has 0 radical (unpaired) electrons. The summed E-state index contributed by atoms with van der Waals surface area (Å²) in [6.07, 6.45) is 4.71. The van der Waals surface area contributed by atoms with Gasteiger partial charge in [0.2, 0.25) is 5.82 Å². The molecular formula is C14H22N4O3. The molecule has 1 aromatic rings. The highest BCUT2D eigenvalue weighted by Crippen LogP contribution is 2.21. The molecule has 2 heterocycles. The maximum absolute atomic E-state index is 12.5. The molecule has 1 aromatic heterocycles. The van der Waals surface area contributed by atoms with E-state index in [1.54, 1.807) is 4.90 Å². The third-order valence-corrected chi connectivity index (χ3v) is 3.73. The van der Waals surface area contributed by atoms with Crippen LogP contribution in [0.1, 0.15) is 55.5 Å². The van der Waals surface area contributed by atoms with Gasteiger partial charge in [-0.05, 0) is 25.7 Å². The molecule has 7 heteroatoms. The SMILES string of the molecule is CCCc1nc(C(=O)N2CCCCC2CC(=O)OC)n[nH]1. The Morgan fingerprint density at radius 2 is 2.24 bits per heavy atom. The minimum absolute atomic E-state index is 0.119. The molecule has 0 saturated carbocycles. The molecule has 0 bridgehead atoms. The fourth-order valence-corrected chi connectivity index (χ4v) is 2.62. The number of nitrogens with one attached hydrogen (secondary N) is 1.